The Bertz CT molecular complexity index is 301. The first-order chi connectivity index (χ1) is 4.63. The van der Waals surface area contributed by atoms with Gasteiger partial charge in [0.2, 0.25) is 0 Å². The van der Waals surface area contributed by atoms with Crippen LogP contribution in [-0.4, -0.2) is 0 Å². The van der Waals surface area contributed by atoms with Gasteiger partial charge in [-0.05, 0) is 25.0 Å². The van der Waals surface area contributed by atoms with Crippen LogP contribution in [0.1, 0.15) is 11.1 Å². The van der Waals surface area contributed by atoms with Gasteiger partial charge in [0.15, 0.2) is 0 Å². The molecule has 54 valence electrons. The molecule has 1 rings (SSSR count). The lowest BCUT2D eigenvalue weighted by Gasteiger charge is -1.98. The molecule has 3 heteroatoms. The van der Waals surface area contributed by atoms with Gasteiger partial charge in [0.25, 0.3) is 0 Å². The fraction of sp³-hybridized carbons (Fsp3) is 0.286. The molecule has 0 aliphatic rings. The Kier molecular flexibility index (Phi) is 1.49. The standard InChI is InChI=1S/C7H9NO2/c1-4-3-10-7(9)6(8)5(4)2/h3H,8H2,1-2H3. The maximum absolute atomic E-state index is 10.7. The molecule has 0 spiro atoms. The van der Waals surface area contributed by atoms with Crippen LogP contribution in [0.5, 0.6) is 0 Å². The van der Waals surface area contributed by atoms with Crippen molar-refractivity contribution in [2.45, 2.75) is 13.8 Å². The lowest BCUT2D eigenvalue weighted by Crippen LogP contribution is -2.08. The number of hydrogen-bond acceptors (Lipinski definition) is 3. The summed E-state index contributed by atoms with van der Waals surface area (Å²) in [5.74, 6) is 0. The van der Waals surface area contributed by atoms with E-state index < -0.39 is 5.63 Å². The maximum Gasteiger partial charge on any atom is 0.359 e. The van der Waals surface area contributed by atoms with Crippen LogP contribution >= 0.6 is 0 Å². The summed E-state index contributed by atoms with van der Waals surface area (Å²) in [6, 6.07) is 0. The summed E-state index contributed by atoms with van der Waals surface area (Å²) in [7, 11) is 0. The normalized spacial score (nSPS) is 9.80. The van der Waals surface area contributed by atoms with E-state index in [9.17, 15) is 4.79 Å². The fourth-order valence-corrected chi connectivity index (χ4v) is 0.659. The van der Waals surface area contributed by atoms with Crippen molar-refractivity contribution < 1.29 is 4.42 Å². The monoisotopic (exact) mass is 139 g/mol. The van der Waals surface area contributed by atoms with Gasteiger partial charge in [-0.2, -0.15) is 0 Å². The Balaban J connectivity index is 3.49. The maximum atomic E-state index is 10.7. The largest absolute Gasteiger partial charge is 0.430 e. The molecule has 0 atom stereocenters. The van der Waals surface area contributed by atoms with E-state index in [1.165, 1.54) is 6.26 Å². The van der Waals surface area contributed by atoms with Gasteiger partial charge in [-0.25, -0.2) is 4.79 Å². The van der Waals surface area contributed by atoms with E-state index in [1.54, 1.807) is 6.92 Å². The molecule has 2 N–H and O–H groups in total. The van der Waals surface area contributed by atoms with Crippen molar-refractivity contribution in [2.75, 3.05) is 5.73 Å². The van der Waals surface area contributed by atoms with Crippen molar-refractivity contribution in [2.24, 2.45) is 0 Å². The van der Waals surface area contributed by atoms with Crippen LogP contribution in [0, 0.1) is 13.8 Å². The molecule has 0 saturated carbocycles. The number of anilines is 1. The molecule has 0 bridgehead atoms. The first-order valence-corrected chi connectivity index (χ1v) is 2.97. The van der Waals surface area contributed by atoms with E-state index >= 15 is 0 Å². The van der Waals surface area contributed by atoms with Gasteiger partial charge in [-0.3, -0.25) is 0 Å². The smallest absolute Gasteiger partial charge is 0.359 e. The highest BCUT2D eigenvalue weighted by molar-refractivity contribution is 5.45. The third-order valence-corrected chi connectivity index (χ3v) is 1.56. The minimum absolute atomic E-state index is 0.208. The first-order valence-electron chi connectivity index (χ1n) is 2.97. The van der Waals surface area contributed by atoms with Crippen molar-refractivity contribution in [1.29, 1.82) is 0 Å². The highest BCUT2D eigenvalue weighted by atomic mass is 16.4. The summed E-state index contributed by atoms with van der Waals surface area (Å²) in [4.78, 5) is 10.7. The van der Waals surface area contributed by atoms with Crippen molar-refractivity contribution in [3.05, 3.63) is 27.8 Å². The van der Waals surface area contributed by atoms with Gasteiger partial charge >= 0.3 is 5.63 Å². The van der Waals surface area contributed by atoms with E-state index in [2.05, 4.69) is 4.42 Å². The molecule has 10 heavy (non-hydrogen) atoms. The van der Waals surface area contributed by atoms with Gasteiger partial charge in [0, 0.05) is 0 Å². The highest BCUT2D eigenvalue weighted by Crippen LogP contribution is 2.08. The van der Waals surface area contributed by atoms with E-state index in [-0.39, 0.29) is 5.69 Å². The third kappa shape index (κ3) is 0.900. The van der Waals surface area contributed by atoms with Gasteiger partial charge < -0.3 is 10.2 Å². The molecule has 0 radical (unpaired) electrons. The van der Waals surface area contributed by atoms with E-state index in [0.717, 1.165) is 11.1 Å². The Morgan fingerprint density at radius 3 is 2.60 bits per heavy atom. The Morgan fingerprint density at radius 2 is 2.10 bits per heavy atom. The molecule has 0 aromatic carbocycles. The van der Waals surface area contributed by atoms with Crippen molar-refractivity contribution >= 4 is 5.69 Å². The van der Waals surface area contributed by atoms with Gasteiger partial charge in [0.1, 0.15) is 5.69 Å². The Labute approximate surface area is 58.5 Å². The lowest BCUT2D eigenvalue weighted by atomic mass is 10.2. The van der Waals surface area contributed by atoms with Crippen LogP contribution in [0.25, 0.3) is 0 Å². The van der Waals surface area contributed by atoms with Crippen LogP contribution in [-0.2, 0) is 0 Å². The number of rotatable bonds is 0. The van der Waals surface area contributed by atoms with Gasteiger partial charge in [-0.1, -0.05) is 0 Å². The van der Waals surface area contributed by atoms with E-state index in [1.807, 2.05) is 6.92 Å². The van der Waals surface area contributed by atoms with Gasteiger partial charge in [0.05, 0.1) is 6.26 Å². The zero-order valence-electron chi connectivity index (χ0n) is 5.97. The first kappa shape index (κ1) is 6.86. The summed E-state index contributed by atoms with van der Waals surface area (Å²) in [5, 5.41) is 0. The van der Waals surface area contributed by atoms with Gasteiger partial charge in [-0.15, -0.1) is 0 Å². The van der Waals surface area contributed by atoms with Crippen molar-refractivity contribution in [3.63, 3.8) is 0 Å². The second-order valence-electron chi connectivity index (χ2n) is 2.24. The van der Waals surface area contributed by atoms with E-state index in [0.29, 0.717) is 0 Å². The lowest BCUT2D eigenvalue weighted by molar-refractivity contribution is 0.508. The summed E-state index contributed by atoms with van der Waals surface area (Å²) in [5.41, 5.74) is 6.83. The number of nitrogens with two attached hydrogens (primary N) is 1. The Hall–Kier alpha value is -1.25. The minimum atomic E-state index is -0.455. The molecule has 0 saturated heterocycles. The summed E-state index contributed by atoms with van der Waals surface area (Å²) in [6.07, 6.45) is 1.41. The fourth-order valence-electron chi connectivity index (χ4n) is 0.659. The molecule has 0 unspecified atom stereocenters. The average molecular weight is 139 g/mol. The van der Waals surface area contributed by atoms with Crippen LogP contribution in [0.3, 0.4) is 0 Å². The minimum Gasteiger partial charge on any atom is -0.430 e. The molecule has 0 fully saturated rings. The number of aryl methyl sites for hydroxylation is 1. The van der Waals surface area contributed by atoms with Crippen molar-refractivity contribution in [3.8, 4) is 0 Å². The van der Waals surface area contributed by atoms with Crippen LogP contribution in [0.2, 0.25) is 0 Å². The molecule has 0 aliphatic heterocycles. The molecule has 1 aromatic rings. The predicted octanol–water partition coefficient (Wildman–Crippen LogP) is 0.839. The summed E-state index contributed by atoms with van der Waals surface area (Å²) >= 11 is 0. The highest BCUT2D eigenvalue weighted by Gasteiger charge is 2.01. The molecule has 0 aliphatic carbocycles. The Morgan fingerprint density at radius 1 is 1.50 bits per heavy atom. The number of hydrogen-bond donors (Lipinski definition) is 1. The summed E-state index contributed by atoms with van der Waals surface area (Å²) < 4.78 is 4.59. The van der Waals surface area contributed by atoms with E-state index in [4.69, 9.17) is 5.73 Å². The SMILES string of the molecule is Cc1coc(=O)c(N)c1C. The molecule has 1 heterocycles. The van der Waals surface area contributed by atoms with Crippen molar-refractivity contribution in [1.82, 2.24) is 0 Å². The molecule has 0 amide bonds. The summed E-state index contributed by atoms with van der Waals surface area (Å²) in [6.45, 7) is 3.64. The van der Waals surface area contributed by atoms with Crippen LogP contribution in [0.15, 0.2) is 15.5 Å². The number of nitrogen functional groups attached to an aromatic ring is 1. The second kappa shape index (κ2) is 2.17. The second-order valence-corrected chi connectivity index (χ2v) is 2.24. The zero-order valence-corrected chi connectivity index (χ0v) is 5.97. The molecule has 3 nitrogen and oxygen atoms in total. The zero-order chi connectivity index (χ0) is 7.72. The average Bonchev–Trinajstić information content (AvgIpc) is 1.93. The topological polar surface area (TPSA) is 56.2 Å². The molecular formula is C7H9NO2. The van der Waals surface area contributed by atoms with Crippen LogP contribution in [0.4, 0.5) is 5.69 Å². The third-order valence-electron chi connectivity index (χ3n) is 1.56. The molecule has 1 aromatic heterocycles. The quantitative estimate of drug-likeness (QED) is 0.579. The van der Waals surface area contributed by atoms with Crippen LogP contribution < -0.4 is 11.4 Å². The molecular weight excluding hydrogens is 130 g/mol. The predicted molar refractivity (Wildman–Crippen MR) is 38.9 cm³/mol.